The molecule has 8 atom stereocenters. The van der Waals surface area contributed by atoms with E-state index in [0.717, 1.165) is 64.2 Å². The van der Waals surface area contributed by atoms with Gasteiger partial charge in [0, 0.05) is 5.41 Å². The summed E-state index contributed by atoms with van der Waals surface area (Å²) in [5.41, 5.74) is 0.620. The van der Waals surface area contributed by atoms with Crippen LogP contribution in [0.4, 0.5) is 0 Å². The summed E-state index contributed by atoms with van der Waals surface area (Å²) in [6, 6.07) is 7.41. The molecule has 2 aromatic rings. The van der Waals surface area contributed by atoms with Crippen LogP contribution in [0.15, 0.2) is 56.5 Å². The number of fused-ring (bicyclic) bond motifs is 7. The summed E-state index contributed by atoms with van der Waals surface area (Å²) in [5, 5.41) is 25.5. The Morgan fingerprint density at radius 3 is 2.28 bits per heavy atom. The SMILES string of the molecule is CC1(C)CC[C@]2(C(=O)O)CC[C@]3(C)C(=CC[C@@H]4[C@@]5(C)CC[C@H](OC(=O)CCC(=O)OCCCCOc6no[n+]([O-])c6S(=O)(=O)c6ccccc6)C(C)(C)[C@@H]5CC[C@]43C)[C@@H]2C1. The maximum atomic E-state index is 13.2. The largest absolute Gasteiger partial charge is 0.481 e. The molecule has 7 rings (SSSR count). The van der Waals surface area contributed by atoms with Crippen molar-refractivity contribution in [3.63, 3.8) is 0 Å². The fourth-order valence-corrected chi connectivity index (χ4v) is 14.4. The van der Waals surface area contributed by atoms with Gasteiger partial charge >= 0.3 is 28.8 Å². The second-order valence-electron chi connectivity index (χ2n) is 20.6. The number of hydrogen-bond acceptors (Lipinski definition) is 11. The van der Waals surface area contributed by atoms with Crippen LogP contribution < -0.4 is 9.64 Å². The Kier molecular flexibility index (Phi) is 11.6. The third-order valence-corrected chi connectivity index (χ3v) is 18.4. The number of benzene rings is 1. The lowest BCUT2D eigenvalue weighted by atomic mass is 9.33. The van der Waals surface area contributed by atoms with Gasteiger partial charge in [0.05, 0.1) is 41.5 Å². The molecule has 60 heavy (non-hydrogen) atoms. The summed E-state index contributed by atoms with van der Waals surface area (Å²) in [7, 11) is -4.23. The van der Waals surface area contributed by atoms with Gasteiger partial charge in [-0.15, -0.1) is 0 Å². The van der Waals surface area contributed by atoms with Crippen LogP contribution in [0.1, 0.15) is 138 Å². The second kappa shape index (κ2) is 15.8. The molecule has 4 fully saturated rings. The molecule has 1 aromatic carbocycles. The Morgan fingerprint density at radius 2 is 1.57 bits per heavy atom. The molecule has 0 radical (unpaired) electrons. The summed E-state index contributed by atoms with van der Waals surface area (Å²) in [6.45, 7) is 16.6. The number of sulfone groups is 1. The molecule has 13 nitrogen and oxygen atoms in total. The zero-order chi connectivity index (χ0) is 43.5. The van der Waals surface area contributed by atoms with Crippen molar-refractivity contribution in [2.24, 2.45) is 50.2 Å². The third-order valence-electron chi connectivity index (χ3n) is 16.7. The van der Waals surface area contributed by atoms with E-state index in [9.17, 15) is 33.1 Å². The van der Waals surface area contributed by atoms with Crippen molar-refractivity contribution in [2.45, 2.75) is 154 Å². The average Bonchev–Trinajstić information content (AvgIpc) is 3.57. The number of aromatic nitrogens is 2. The highest BCUT2D eigenvalue weighted by Crippen LogP contribution is 2.76. The molecule has 0 amide bonds. The van der Waals surface area contributed by atoms with E-state index in [2.05, 4.69) is 64.3 Å². The molecule has 0 spiro atoms. The van der Waals surface area contributed by atoms with E-state index in [0.29, 0.717) is 24.7 Å². The van der Waals surface area contributed by atoms with Gasteiger partial charge in [0.1, 0.15) is 6.10 Å². The fourth-order valence-electron chi connectivity index (χ4n) is 13.1. The molecule has 330 valence electrons. The monoisotopic (exact) mass is 852 g/mol. The highest BCUT2D eigenvalue weighted by Gasteiger charge is 2.69. The molecule has 14 heteroatoms. The summed E-state index contributed by atoms with van der Waals surface area (Å²) in [5.74, 6) is -1.14. The third kappa shape index (κ3) is 7.33. The number of carbonyl (C=O) groups is 3. The van der Waals surface area contributed by atoms with E-state index >= 15 is 0 Å². The number of carboxylic acid groups (broad SMARTS) is 1. The van der Waals surface area contributed by atoms with Crippen molar-refractivity contribution in [1.82, 2.24) is 5.16 Å². The minimum absolute atomic E-state index is 0.00560. The van der Waals surface area contributed by atoms with Crippen molar-refractivity contribution in [1.29, 1.82) is 0 Å². The average molecular weight is 853 g/mol. The molecule has 1 aromatic heterocycles. The number of hydrogen-bond donors (Lipinski definition) is 1. The summed E-state index contributed by atoms with van der Waals surface area (Å²) in [6.07, 6.45) is 11.8. The van der Waals surface area contributed by atoms with Gasteiger partial charge in [0.15, 0.2) is 0 Å². The van der Waals surface area contributed by atoms with Crippen LogP contribution in [0.2, 0.25) is 0 Å². The Morgan fingerprint density at radius 1 is 0.883 bits per heavy atom. The highest BCUT2D eigenvalue weighted by atomic mass is 32.2. The molecule has 5 aliphatic rings. The molecule has 0 saturated heterocycles. The van der Waals surface area contributed by atoms with Gasteiger partial charge in [-0.25, -0.2) is 8.42 Å². The summed E-state index contributed by atoms with van der Waals surface area (Å²) in [4.78, 5) is 38.5. The first-order valence-electron chi connectivity index (χ1n) is 21.9. The first-order valence-corrected chi connectivity index (χ1v) is 23.4. The van der Waals surface area contributed by atoms with Crippen LogP contribution in [0.3, 0.4) is 0 Å². The molecule has 5 aliphatic carbocycles. The second-order valence-corrected chi connectivity index (χ2v) is 22.5. The Hall–Kier alpha value is -3.94. The van der Waals surface area contributed by atoms with Crippen LogP contribution in [0.25, 0.3) is 0 Å². The number of ether oxygens (including phenoxy) is 3. The highest BCUT2D eigenvalue weighted by molar-refractivity contribution is 7.91. The standard InChI is InChI=1S/C46H64N2O11S/c1-41(2)23-25-46(40(51)52)26-24-44(6)31(32(46)29-41)15-16-34-43(5)21-20-35(42(3,4)33(43)19-22-45(34,44)7)58-37(50)18-17-36(49)56-27-11-12-28-57-38-39(48(53)59-47-38)60(54,55)30-13-9-8-10-14-30/h8-10,13-15,32-35H,11-12,16-29H2,1-7H3,(H,51,52)/t32-,33-,34+,35-,43-,44+,45+,46-/m0/s1. The van der Waals surface area contributed by atoms with E-state index in [1.165, 1.54) is 29.8 Å². The minimum atomic E-state index is -4.23. The van der Waals surface area contributed by atoms with Gasteiger partial charge in [-0.05, 0) is 133 Å². The van der Waals surface area contributed by atoms with E-state index in [1.807, 2.05) is 0 Å². The lowest BCUT2D eigenvalue weighted by Crippen LogP contribution is -2.65. The predicted molar refractivity (Wildman–Crippen MR) is 219 cm³/mol. The Balaban J connectivity index is 0.897. The maximum Gasteiger partial charge on any atom is 0.414 e. The van der Waals surface area contributed by atoms with Crippen molar-refractivity contribution in [2.75, 3.05) is 13.2 Å². The van der Waals surface area contributed by atoms with Crippen LogP contribution >= 0.6 is 0 Å². The van der Waals surface area contributed by atoms with Gasteiger partial charge in [0.2, 0.25) is 0 Å². The van der Waals surface area contributed by atoms with E-state index in [-0.39, 0.29) is 75.0 Å². The topological polar surface area (TPSA) is 186 Å². The minimum Gasteiger partial charge on any atom is -0.481 e. The Labute approximate surface area is 354 Å². The zero-order valence-corrected chi connectivity index (χ0v) is 37.2. The van der Waals surface area contributed by atoms with Crippen LogP contribution in [0, 0.1) is 55.5 Å². The van der Waals surface area contributed by atoms with Gasteiger partial charge in [-0.2, -0.15) is 0 Å². The van der Waals surface area contributed by atoms with E-state index < -0.39 is 44.1 Å². The number of carboxylic acids is 1. The van der Waals surface area contributed by atoms with E-state index in [1.54, 1.807) is 6.07 Å². The number of nitrogens with zero attached hydrogens (tertiary/aromatic N) is 2. The molecule has 0 bridgehead atoms. The quantitative estimate of drug-likeness (QED) is 0.0879. The van der Waals surface area contributed by atoms with Crippen LogP contribution in [-0.2, 0) is 33.7 Å². The molecule has 0 unspecified atom stereocenters. The van der Waals surface area contributed by atoms with Crippen LogP contribution in [-0.4, -0.2) is 55.9 Å². The van der Waals surface area contributed by atoms with Crippen LogP contribution in [0.5, 0.6) is 5.88 Å². The smallest absolute Gasteiger partial charge is 0.414 e. The molecule has 4 saturated carbocycles. The first-order chi connectivity index (χ1) is 28.1. The number of allylic oxidation sites excluding steroid dienone is 2. The lowest BCUT2D eigenvalue weighted by Gasteiger charge is -2.71. The predicted octanol–water partition coefficient (Wildman–Crippen LogP) is 8.42. The van der Waals surface area contributed by atoms with Crippen molar-refractivity contribution >= 4 is 27.7 Å². The lowest BCUT2D eigenvalue weighted by molar-refractivity contribution is -0.832. The normalized spacial score (nSPS) is 34.1. The van der Waals surface area contributed by atoms with Crippen molar-refractivity contribution in [3.8, 4) is 5.88 Å². The van der Waals surface area contributed by atoms with E-state index in [4.69, 9.17) is 14.2 Å². The van der Waals surface area contributed by atoms with Crippen molar-refractivity contribution in [3.05, 3.63) is 47.2 Å². The number of esters is 2. The Bertz CT molecular complexity index is 2110. The molecule has 1 heterocycles. The number of rotatable bonds is 13. The fraction of sp³-hybridized carbons (Fsp3) is 0.717. The molecular formula is C46H64N2O11S. The van der Waals surface area contributed by atoms with Gasteiger partial charge < -0.3 is 24.5 Å². The first kappa shape index (κ1) is 44.1. The molecular weight excluding hydrogens is 789 g/mol. The number of aliphatic carboxylic acids is 1. The summed E-state index contributed by atoms with van der Waals surface area (Å²) < 4.78 is 47.3. The molecule has 1 N–H and O–H groups in total. The molecule has 0 aliphatic heterocycles. The summed E-state index contributed by atoms with van der Waals surface area (Å²) >= 11 is 0. The van der Waals surface area contributed by atoms with Gasteiger partial charge in [-0.3, -0.25) is 19.0 Å². The maximum absolute atomic E-state index is 13.2. The number of unbranched alkanes of at least 4 members (excludes halogenated alkanes) is 1. The van der Waals surface area contributed by atoms with Gasteiger partial charge in [-0.1, -0.05) is 78.3 Å². The van der Waals surface area contributed by atoms with Gasteiger partial charge in [0.25, 0.3) is 9.84 Å². The van der Waals surface area contributed by atoms with Crippen molar-refractivity contribution < 1.29 is 51.7 Å². The zero-order valence-electron chi connectivity index (χ0n) is 36.4. The number of carbonyl (C=O) groups excluding carboxylic acids is 2.